The summed E-state index contributed by atoms with van der Waals surface area (Å²) in [5.41, 5.74) is 0. The van der Waals surface area contributed by atoms with Crippen molar-refractivity contribution in [2.45, 2.75) is 47.1 Å². The molecule has 2 atom stereocenters. The Kier molecular flexibility index (Phi) is 7.96. The maximum Gasteiger partial charge on any atom is 0.0220 e. The summed E-state index contributed by atoms with van der Waals surface area (Å²) in [5, 5.41) is 3.67. The molecule has 2 unspecified atom stereocenters. The van der Waals surface area contributed by atoms with E-state index >= 15 is 0 Å². The van der Waals surface area contributed by atoms with E-state index in [1.165, 1.54) is 45.7 Å². The molecule has 3 nitrogen and oxygen atoms in total. The average molecular weight is 269 g/mol. The number of nitrogens with one attached hydrogen (secondary N) is 1. The van der Waals surface area contributed by atoms with Gasteiger partial charge in [0.1, 0.15) is 0 Å². The van der Waals surface area contributed by atoms with Crippen molar-refractivity contribution in [1.82, 2.24) is 15.1 Å². The lowest BCUT2D eigenvalue weighted by molar-refractivity contribution is 0.107. The molecule has 19 heavy (non-hydrogen) atoms. The second-order valence-electron chi connectivity index (χ2n) is 6.54. The predicted molar refractivity (Wildman–Crippen MR) is 84.6 cm³/mol. The number of rotatable bonds is 8. The molecule has 1 aliphatic rings. The van der Waals surface area contributed by atoms with E-state index < -0.39 is 0 Å². The molecule has 1 fully saturated rings. The Morgan fingerprint density at radius 3 is 1.84 bits per heavy atom. The Bertz CT molecular complexity index is 222. The molecule has 0 bridgehead atoms. The first-order valence-corrected chi connectivity index (χ1v) is 8.24. The molecule has 0 aromatic carbocycles. The Morgan fingerprint density at radius 2 is 1.42 bits per heavy atom. The van der Waals surface area contributed by atoms with Crippen LogP contribution >= 0.6 is 0 Å². The van der Waals surface area contributed by atoms with Crippen LogP contribution in [0.25, 0.3) is 0 Å². The first kappa shape index (κ1) is 16.9. The van der Waals surface area contributed by atoms with Gasteiger partial charge in [0.05, 0.1) is 0 Å². The van der Waals surface area contributed by atoms with Crippen LogP contribution in [0.1, 0.15) is 41.0 Å². The van der Waals surface area contributed by atoms with Crippen molar-refractivity contribution in [2.24, 2.45) is 11.8 Å². The summed E-state index contributed by atoms with van der Waals surface area (Å²) in [7, 11) is 0. The van der Waals surface area contributed by atoms with Crippen molar-refractivity contribution in [3.05, 3.63) is 0 Å². The van der Waals surface area contributed by atoms with Gasteiger partial charge >= 0.3 is 0 Å². The van der Waals surface area contributed by atoms with Crippen molar-refractivity contribution in [2.75, 3.05) is 45.8 Å². The minimum atomic E-state index is 0.659. The molecule has 0 aromatic rings. The van der Waals surface area contributed by atoms with Gasteiger partial charge in [-0.15, -0.1) is 0 Å². The molecule has 114 valence electrons. The first-order valence-electron chi connectivity index (χ1n) is 8.24. The van der Waals surface area contributed by atoms with Gasteiger partial charge in [-0.05, 0) is 18.4 Å². The van der Waals surface area contributed by atoms with Crippen molar-refractivity contribution >= 4 is 0 Å². The third-order valence-electron chi connectivity index (χ3n) is 4.34. The number of likely N-dealkylation sites (N-methyl/N-ethyl adjacent to an activating group) is 1. The molecular weight excluding hydrogens is 234 g/mol. The van der Waals surface area contributed by atoms with E-state index in [-0.39, 0.29) is 0 Å². The van der Waals surface area contributed by atoms with E-state index in [1.54, 1.807) is 0 Å². The SMILES string of the molecule is CCNC(CN1CCN(CC(C)C)CC1)C(C)CC. The van der Waals surface area contributed by atoms with Crippen molar-refractivity contribution < 1.29 is 0 Å². The van der Waals surface area contributed by atoms with Crippen LogP contribution in [0.2, 0.25) is 0 Å². The lowest BCUT2D eigenvalue weighted by Gasteiger charge is -2.38. The maximum absolute atomic E-state index is 3.67. The quantitative estimate of drug-likeness (QED) is 0.729. The monoisotopic (exact) mass is 269 g/mol. The Morgan fingerprint density at radius 1 is 0.895 bits per heavy atom. The van der Waals surface area contributed by atoms with E-state index in [9.17, 15) is 0 Å². The van der Waals surface area contributed by atoms with E-state index in [4.69, 9.17) is 0 Å². The van der Waals surface area contributed by atoms with Crippen molar-refractivity contribution in [3.63, 3.8) is 0 Å². The van der Waals surface area contributed by atoms with Gasteiger partial charge in [0.15, 0.2) is 0 Å². The van der Waals surface area contributed by atoms with E-state index in [0.717, 1.165) is 18.4 Å². The molecule has 1 aliphatic heterocycles. The van der Waals surface area contributed by atoms with E-state index in [1.807, 2.05) is 0 Å². The predicted octanol–water partition coefficient (Wildman–Crippen LogP) is 2.28. The summed E-state index contributed by atoms with van der Waals surface area (Å²) in [6, 6.07) is 0.659. The van der Waals surface area contributed by atoms with Crippen LogP contribution < -0.4 is 5.32 Å². The third-order valence-corrected chi connectivity index (χ3v) is 4.34. The molecule has 0 aromatic heterocycles. The third kappa shape index (κ3) is 6.24. The highest BCUT2D eigenvalue weighted by molar-refractivity contribution is 4.80. The average Bonchev–Trinajstić information content (AvgIpc) is 2.39. The Labute approximate surface area is 120 Å². The van der Waals surface area contributed by atoms with Crippen LogP contribution in [0.15, 0.2) is 0 Å². The summed E-state index contributed by atoms with van der Waals surface area (Å²) >= 11 is 0. The number of hydrogen-bond donors (Lipinski definition) is 1. The van der Waals surface area contributed by atoms with E-state index in [0.29, 0.717) is 6.04 Å². The molecule has 0 radical (unpaired) electrons. The summed E-state index contributed by atoms with van der Waals surface area (Å²) < 4.78 is 0. The van der Waals surface area contributed by atoms with Crippen LogP contribution in [0.3, 0.4) is 0 Å². The highest BCUT2D eigenvalue weighted by Crippen LogP contribution is 2.12. The lowest BCUT2D eigenvalue weighted by Crippen LogP contribution is -2.52. The van der Waals surface area contributed by atoms with Gasteiger partial charge in [-0.2, -0.15) is 0 Å². The topological polar surface area (TPSA) is 18.5 Å². The second-order valence-corrected chi connectivity index (χ2v) is 6.54. The van der Waals surface area contributed by atoms with Crippen LogP contribution in [0.4, 0.5) is 0 Å². The summed E-state index contributed by atoms with van der Waals surface area (Å²) in [6.07, 6.45) is 1.27. The largest absolute Gasteiger partial charge is 0.313 e. The molecule has 1 rings (SSSR count). The zero-order valence-corrected chi connectivity index (χ0v) is 13.8. The highest BCUT2D eigenvalue weighted by Gasteiger charge is 2.22. The van der Waals surface area contributed by atoms with Crippen LogP contribution in [-0.2, 0) is 0 Å². The normalized spacial score (nSPS) is 21.8. The van der Waals surface area contributed by atoms with Gasteiger partial charge < -0.3 is 10.2 Å². The summed E-state index contributed by atoms with van der Waals surface area (Å²) in [5.74, 6) is 1.56. The Hall–Kier alpha value is -0.120. The summed E-state index contributed by atoms with van der Waals surface area (Å²) in [6.45, 7) is 20.1. The van der Waals surface area contributed by atoms with Gasteiger partial charge in [0.2, 0.25) is 0 Å². The Balaban J connectivity index is 2.33. The minimum absolute atomic E-state index is 0.659. The molecule has 0 saturated carbocycles. The highest BCUT2D eigenvalue weighted by atomic mass is 15.3. The molecule has 1 heterocycles. The number of hydrogen-bond acceptors (Lipinski definition) is 3. The first-order chi connectivity index (χ1) is 9.06. The van der Waals surface area contributed by atoms with E-state index in [2.05, 4.69) is 49.7 Å². The molecule has 0 spiro atoms. The van der Waals surface area contributed by atoms with Crippen LogP contribution in [0, 0.1) is 11.8 Å². The second kappa shape index (κ2) is 8.93. The van der Waals surface area contributed by atoms with Crippen molar-refractivity contribution in [1.29, 1.82) is 0 Å². The smallest absolute Gasteiger partial charge is 0.0220 e. The molecule has 0 aliphatic carbocycles. The maximum atomic E-state index is 3.67. The van der Waals surface area contributed by atoms with Gasteiger partial charge in [0.25, 0.3) is 0 Å². The van der Waals surface area contributed by atoms with Crippen LogP contribution in [0.5, 0.6) is 0 Å². The van der Waals surface area contributed by atoms with Gasteiger partial charge in [-0.1, -0.05) is 41.0 Å². The summed E-state index contributed by atoms with van der Waals surface area (Å²) in [4.78, 5) is 5.27. The zero-order chi connectivity index (χ0) is 14.3. The molecule has 1 N–H and O–H groups in total. The number of piperazine rings is 1. The van der Waals surface area contributed by atoms with Gasteiger partial charge in [-0.3, -0.25) is 4.90 Å². The van der Waals surface area contributed by atoms with Gasteiger partial charge in [-0.25, -0.2) is 0 Å². The van der Waals surface area contributed by atoms with Crippen molar-refractivity contribution in [3.8, 4) is 0 Å². The fourth-order valence-electron chi connectivity index (χ4n) is 2.94. The number of nitrogens with zero attached hydrogens (tertiary/aromatic N) is 2. The molecule has 3 heteroatoms. The standard InChI is InChI=1S/C16H35N3/c1-6-15(5)16(17-7-2)13-19-10-8-18(9-11-19)12-14(3)4/h14-17H,6-13H2,1-5H3. The molecule has 1 saturated heterocycles. The van der Waals surface area contributed by atoms with Crippen LogP contribution in [-0.4, -0.2) is 61.7 Å². The minimum Gasteiger partial charge on any atom is -0.313 e. The van der Waals surface area contributed by atoms with Gasteiger partial charge in [0, 0.05) is 45.3 Å². The fourth-order valence-corrected chi connectivity index (χ4v) is 2.94. The molecular formula is C16H35N3. The fraction of sp³-hybridized carbons (Fsp3) is 1.00. The zero-order valence-electron chi connectivity index (χ0n) is 13.8. The lowest BCUT2D eigenvalue weighted by atomic mass is 9.98. The molecule has 0 amide bonds.